The molecule has 3 heterocycles. The first-order valence-corrected chi connectivity index (χ1v) is 18.9. The standard InChI is InChI=1S/C48H53N3O2/c1-28(2)31-21-32(44-50-48(12)40-17-13-29(3)30(4)39(40)27-47(48,11)53-44)23-36(22-31)52-35-15-16-37-38-24-33(45(5,6)7)14-18-41(38)51(42(37)26-35)43-25-34(19-20-49-43)46(8,9)10/h13-26,28H,27H2,1-12H3/t47-,48+/m0/s1/i27D2. The van der Waals surface area contributed by atoms with Crippen molar-refractivity contribution in [1.29, 1.82) is 0 Å². The Bertz CT molecular complexity index is 2590. The van der Waals surface area contributed by atoms with E-state index in [1.807, 2.05) is 52.1 Å². The highest BCUT2D eigenvalue weighted by molar-refractivity contribution is 6.10. The first-order chi connectivity index (χ1) is 25.6. The molecule has 53 heavy (non-hydrogen) atoms. The van der Waals surface area contributed by atoms with Gasteiger partial charge in [-0.3, -0.25) is 4.57 Å². The molecule has 0 N–H and O–H groups in total. The lowest BCUT2D eigenvalue weighted by atomic mass is 9.84. The number of benzene rings is 4. The molecule has 0 saturated heterocycles. The van der Waals surface area contributed by atoms with Crippen molar-refractivity contribution in [3.05, 3.63) is 130 Å². The zero-order valence-corrected chi connectivity index (χ0v) is 33.3. The van der Waals surface area contributed by atoms with E-state index < -0.39 is 17.5 Å². The van der Waals surface area contributed by atoms with E-state index in [0.717, 1.165) is 50.1 Å². The maximum Gasteiger partial charge on any atom is 0.217 e. The fourth-order valence-electron chi connectivity index (χ4n) is 7.89. The van der Waals surface area contributed by atoms with Gasteiger partial charge in [-0.15, -0.1) is 0 Å². The number of aromatic nitrogens is 2. The summed E-state index contributed by atoms with van der Waals surface area (Å²) in [4.78, 5) is 10.1. The second kappa shape index (κ2) is 11.8. The summed E-state index contributed by atoms with van der Waals surface area (Å²) in [6.45, 7) is 25.7. The number of aliphatic imine (C=N–C) groups is 1. The molecule has 2 atom stereocenters. The Morgan fingerprint density at radius 1 is 0.792 bits per heavy atom. The average molecular weight is 706 g/mol. The van der Waals surface area contributed by atoms with Crippen molar-refractivity contribution in [3.63, 3.8) is 0 Å². The molecule has 0 amide bonds. The van der Waals surface area contributed by atoms with Crippen LogP contribution in [0.25, 0.3) is 27.6 Å². The average Bonchev–Trinajstić information content (AvgIpc) is 3.63. The third-order valence-corrected chi connectivity index (χ3v) is 11.7. The minimum absolute atomic E-state index is 0.000220. The van der Waals surface area contributed by atoms with E-state index in [1.54, 1.807) is 0 Å². The van der Waals surface area contributed by atoms with Gasteiger partial charge in [0.25, 0.3) is 0 Å². The number of fused-ring (bicyclic) bond motifs is 6. The van der Waals surface area contributed by atoms with E-state index in [0.29, 0.717) is 23.0 Å². The van der Waals surface area contributed by atoms with Gasteiger partial charge in [-0.2, -0.15) is 0 Å². The highest BCUT2D eigenvalue weighted by atomic mass is 16.5. The number of nitrogens with zero attached hydrogens (tertiary/aromatic N) is 3. The molecule has 2 aliphatic rings. The van der Waals surface area contributed by atoms with Crippen molar-refractivity contribution >= 4 is 27.7 Å². The number of ether oxygens (including phenoxy) is 2. The number of pyridine rings is 1. The Balaban J connectivity index is 1.25. The van der Waals surface area contributed by atoms with Crippen molar-refractivity contribution in [2.24, 2.45) is 4.99 Å². The molecule has 2 aromatic heterocycles. The smallest absolute Gasteiger partial charge is 0.217 e. The van der Waals surface area contributed by atoms with Gasteiger partial charge in [0, 0.05) is 37.7 Å². The Hall–Kier alpha value is -4.90. The van der Waals surface area contributed by atoms with Crippen LogP contribution < -0.4 is 4.74 Å². The molecule has 0 saturated carbocycles. The molecule has 1 aliphatic heterocycles. The number of rotatable bonds is 5. The third kappa shape index (κ3) is 5.66. The van der Waals surface area contributed by atoms with Crippen LogP contribution in [0.15, 0.2) is 90.1 Å². The van der Waals surface area contributed by atoms with Crippen LogP contribution in [0.3, 0.4) is 0 Å². The minimum atomic E-state index is -1.75. The van der Waals surface area contributed by atoms with Gasteiger partial charge in [-0.1, -0.05) is 73.6 Å². The zero-order valence-electron chi connectivity index (χ0n) is 35.3. The molecule has 5 heteroatoms. The van der Waals surface area contributed by atoms with Gasteiger partial charge in [-0.05, 0) is 138 Å². The third-order valence-electron chi connectivity index (χ3n) is 11.7. The molecule has 0 unspecified atom stereocenters. The van der Waals surface area contributed by atoms with Crippen LogP contribution in [0, 0.1) is 13.8 Å². The van der Waals surface area contributed by atoms with Crippen molar-refractivity contribution in [2.45, 2.75) is 117 Å². The van der Waals surface area contributed by atoms with Crippen molar-refractivity contribution in [3.8, 4) is 17.3 Å². The Labute approximate surface area is 317 Å². The lowest BCUT2D eigenvalue weighted by Gasteiger charge is -2.31. The van der Waals surface area contributed by atoms with Gasteiger partial charge in [0.15, 0.2) is 0 Å². The van der Waals surface area contributed by atoms with Gasteiger partial charge in [0.05, 0.1) is 11.0 Å². The molecule has 0 radical (unpaired) electrons. The summed E-state index contributed by atoms with van der Waals surface area (Å²) >= 11 is 0. The molecule has 272 valence electrons. The van der Waals surface area contributed by atoms with Gasteiger partial charge in [0.1, 0.15) is 28.5 Å². The van der Waals surface area contributed by atoms with Crippen LogP contribution in [-0.4, -0.2) is 21.0 Å². The summed E-state index contributed by atoms with van der Waals surface area (Å²) in [5.41, 5.74) is 7.89. The molecule has 1 aliphatic carbocycles. The van der Waals surface area contributed by atoms with Gasteiger partial charge in [-0.25, -0.2) is 9.98 Å². The lowest BCUT2D eigenvalue weighted by molar-refractivity contribution is 0.0475. The van der Waals surface area contributed by atoms with Crippen LogP contribution >= 0.6 is 0 Å². The van der Waals surface area contributed by atoms with Crippen LogP contribution in [0.2, 0.25) is 0 Å². The Morgan fingerprint density at radius 2 is 1.53 bits per heavy atom. The van der Waals surface area contributed by atoms with Crippen LogP contribution in [0.1, 0.15) is 122 Å². The summed E-state index contributed by atoms with van der Waals surface area (Å²) in [7, 11) is 0. The van der Waals surface area contributed by atoms with E-state index in [9.17, 15) is 2.74 Å². The summed E-state index contributed by atoms with van der Waals surface area (Å²) < 4.78 is 34.6. The van der Waals surface area contributed by atoms with Crippen molar-refractivity contribution in [2.75, 3.05) is 0 Å². The largest absolute Gasteiger partial charge is 0.468 e. The molecular weight excluding hydrogens is 651 g/mol. The normalized spacial score (nSPS) is 21.3. The van der Waals surface area contributed by atoms with Gasteiger partial charge >= 0.3 is 0 Å². The van der Waals surface area contributed by atoms with Crippen molar-refractivity contribution < 1.29 is 12.2 Å². The summed E-state index contributed by atoms with van der Waals surface area (Å²) in [6, 6.07) is 27.7. The fraction of sp³-hybridized carbons (Fsp3) is 0.375. The SMILES string of the molecule is [2H]C1([2H])c2c(ccc(C)c2C)[C@@]2(C)N=C(c3cc(Oc4ccc5c6cc(C(C)(C)C)ccc6n(-c6cc(C(C)(C)C)ccn6)c5c4)cc(C(C)C)c3)O[C@@]12C. The second-order valence-corrected chi connectivity index (χ2v) is 17.9. The van der Waals surface area contributed by atoms with E-state index in [2.05, 4.69) is 121 Å². The summed E-state index contributed by atoms with van der Waals surface area (Å²) in [5.74, 6) is 2.87. The lowest BCUT2D eigenvalue weighted by Crippen LogP contribution is -2.41. The summed E-state index contributed by atoms with van der Waals surface area (Å²) in [5, 5.41) is 2.31. The van der Waals surface area contributed by atoms with Crippen LogP contribution in [-0.2, 0) is 27.5 Å². The molecule has 8 rings (SSSR count). The maximum atomic E-state index is 9.42. The van der Waals surface area contributed by atoms with Gasteiger partial charge in [0.2, 0.25) is 5.90 Å². The zero-order chi connectivity index (χ0) is 39.6. The Kier molecular flexibility index (Phi) is 7.29. The van der Waals surface area contributed by atoms with Gasteiger partial charge < -0.3 is 9.47 Å². The molecule has 0 fully saturated rings. The monoisotopic (exact) mass is 705 g/mol. The molecule has 6 aromatic rings. The van der Waals surface area contributed by atoms with E-state index in [4.69, 9.17) is 19.5 Å². The first kappa shape index (κ1) is 32.7. The van der Waals surface area contributed by atoms with Crippen LogP contribution in [0.5, 0.6) is 11.5 Å². The molecular formula is C48H53N3O2. The maximum absolute atomic E-state index is 9.42. The number of hydrogen-bond donors (Lipinski definition) is 0. The topological polar surface area (TPSA) is 48.6 Å². The second-order valence-electron chi connectivity index (χ2n) is 17.9. The Morgan fingerprint density at radius 3 is 2.25 bits per heavy atom. The first-order valence-electron chi connectivity index (χ1n) is 19.9. The number of hydrogen-bond acceptors (Lipinski definition) is 4. The highest BCUT2D eigenvalue weighted by Crippen LogP contribution is 2.54. The predicted molar refractivity (Wildman–Crippen MR) is 220 cm³/mol. The quantitative estimate of drug-likeness (QED) is 0.179. The molecule has 0 spiro atoms. The molecule has 5 nitrogen and oxygen atoms in total. The van der Waals surface area contributed by atoms with Crippen molar-refractivity contribution in [1.82, 2.24) is 9.55 Å². The molecule has 0 bridgehead atoms. The summed E-state index contributed by atoms with van der Waals surface area (Å²) in [6.07, 6.45) is 0.154. The predicted octanol–water partition coefficient (Wildman–Crippen LogP) is 12.3. The van der Waals surface area contributed by atoms with E-state index in [-0.39, 0.29) is 16.7 Å². The van der Waals surface area contributed by atoms with Crippen LogP contribution in [0.4, 0.5) is 0 Å². The minimum Gasteiger partial charge on any atom is -0.468 e. The van der Waals surface area contributed by atoms with E-state index in [1.165, 1.54) is 16.5 Å². The molecule has 4 aromatic carbocycles. The van der Waals surface area contributed by atoms with E-state index >= 15 is 0 Å². The number of aryl methyl sites for hydroxylation is 1. The fourth-order valence-corrected chi connectivity index (χ4v) is 7.89. The highest BCUT2D eigenvalue weighted by Gasteiger charge is 2.59.